The molecule has 0 saturated heterocycles. The average molecular weight is 199 g/mol. The molecule has 0 unspecified atom stereocenters. The van der Waals surface area contributed by atoms with Crippen LogP contribution in [0.1, 0.15) is 52.9 Å². The quantitative estimate of drug-likeness (QED) is 0.712. The van der Waals surface area contributed by atoms with Gasteiger partial charge in [0.05, 0.1) is 5.60 Å². The monoisotopic (exact) mass is 199 g/mol. The van der Waals surface area contributed by atoms with E-state index in [9.17, 15) is 5.11 Å². The van der Waals surface area contributed by atoms with Crippen molar-refractivity contribution in [2.45, 2.75) is 58.5 Å². The van der Waals surface area contributed by atoms with Crippen LogP contribution in [-0.4, -0.2) is 23.8 Å². The molecule has 0 spiro atoms. The first-order chi connectivity index (χ1) is 6.47. The molecule has 1 saturated carbocycles. The topological polar surface area (TPSA) is 32.3 Å². The largest absolute Gasteiger partial charge is 0.389 e. The molecular formula is C12H25NO. The van der Waals surface area contributed by atoms with E-state index in [1.54, 1.807) is 0 Å². The number of nitrogens with one attached hydrogen (secondary N) is 1. The maximum atomic E-state index is 9.59. The summed E-state index contributed by atoms with van der Waals surface area (Å²) < 4.78 is 0. The van der Waals surface area contributed by atoms with Crippen LogP contribution >= 0.6 is 0 Å². The average Bonchev–Trinajstić information content (AvgIpc) is 2.52. The van der Waals surface area contributed by atoms with Gasteiger partial charge in [0.25, 0.3) is 0 Å². The van der Waals surface area contributed by atoms with Crippen LogP contribution < -0.4 is 5.32 Å². The third kappa shape index (κ3) is 3.58. The SMILES string of the molecule is CCC1(CNCC(C)(C)O)CCCC1. The lowest BCUT2D eigenvalue weighted by Crippen LogP contribution is -2.40. The van der Waals surface area contributed by atoms with E-state index in [2.05, 4.69) is 12.2 Å². The van der Waals surface area contributed by atoms with Gasteiger partial charge in [-0.25, -0.2) is 0 Å². The fourth-order valence-electron chi connectivity index (χ4n) is 2.41. The molecule has 0 aromatic heterocycles. The van der Waals surface area contributed by atoms with Gasteiger partial charge in [-0.05, 0) is 38.5 Å². The van der Waals surface area contributed by atoms with Crippen LogP contribution in [0, 0.1) is 5.41 Å². The van der Waals surface area contributed by atoms with Crippen molar-refractivity contribution in [3.63, 3.8) is 0 Å². The van der Waals surface area contributed by atoms with Crippen LogP contribution in [0.5, 0.6) is 0 Å². The van der Waals surface area contributed by atoms with Gasteiger partial charge >= 0.3 is 0 Å². The Kier molecular flexibility index (Phi) is 3.96. The highest BCUT2D eigenvalue weighted by molar-refractivity contribution is 4.86. The van der Waals surface area contributed by atoms with E-state index >= 15 is 0 Å². The molecule has 1 aliphatic rings. The molecule has 2 nitrogen and oxygen atoms in total. The highest BCUT2D eigenvalue weighted by Crippen LogP contribution is 2.40. The molecule has 0 heterocycles. The normalized spacial score (nSPS) is 21.4. The van der Waals surface area contributed by atoms with Crippen molar-refractivity contribution in [1.82, 2.24) is 5.32 Å². The first-order valence-electron chi connectivity index (χ1n) is 5.91. The van der Waals surface area contributed by atoms with Gasteiger partial charge in [0.1, 0.15) is 0 Å². The lowest BCUT2D eigenvalue weighted by Gasteiger charge is -2.29. The summed E-state index contributed by atoms with van der Waals surface area (Å²) in [6.45, 7) is 7.78. The van der Waals surface area contributed by atoms with Crippen molar-refractivity contribution in [2.75, 3.05) is 13.1 Å². The molecule has 0 bridgehead atoms. The first kappa shape index (κ1) is 12.0. The zero-order valence-electron chi connectivity index (χ0n) is 9.90. The molecule has 14 heavy (non-hydrogen) atoms. The third-order valence-corrected chi connectivity index (χ3v) is 3.47. The van der Waals surface area contributed by atoms with Crippen LogP contribution in [-0.2, 0) is 0 Å². The number of hydrogen-bond donors (Lipinski definition) is 2. The molecule has 0 aliphatic heterocycles. The Bertz CT molecular complexity index is 166. The molecule has 0 atom stereocenters. The second-order valence-electron chi connectivity index (χ2n) is 5.48. The minimum atomic E-state index is -0.576. The zero-order chi connectivity index (χ0) is 10.7. The van der Waals surface area contributed by atoms with Gasteiger partial charge in [0.15, 0.2) is 0 Å². The Morgan fingerprint density at radius 3 is 2.29 bits per heavy atom. The van der Waals surface area contributed by atoms with Gasteiger partial charge in [0, 0.05) is 13.1 Å². The molecule has 1 fully saturated rings. The van der Waals surface area contributed by atoms with E-state index in [1.807, 2.05) is 13.8 Å². The lowest BCUT2D eigenvalue weighted by atomic mass is 9.83. The number of rotatable bonds is 5. The molecule has 2 heteroatoms. The second kappa shape index (κ2) is 4.63. The maximum absolute atomic E-state index is 9.59. The standard InChI is InChI=1S/C12H25NO/c1-4-12(7-5-6-8-12)10-13-9-11(2,3)14/h13-14H,4-10H2,1-3H3. The Morgan fingerprint density at radius 1 is 1.29 bits per heavy atom. The Morgan fingerprint density at radius 2 is 1.86 bits per heavy atom. The Balaban J connectivity index is 2.28. The fraction of sp³-hybridized carbons (Fsp3) is 1.00. The molecular weight excluding hydrogens is 174 g/mol. The predicted molar refractivity (Wildman–Crippen MR) is 60.4 cm³/mol. The summed E-state index contributed by atoms with van der Waals surface area (Å²) in [6, 6.07) is 0. The van der Waals surface area contributed by atoms with E-state index in [0.717, 1.165) is 6.54 Å². The molecule has 0 aromatic rings. The summed E-state index contributed by atoms with van der Waals surface area (Å²) in [5, 5.41) is 13.0. The van der Waals surface area contributed by atoms with Gasteiger partial charge < -0.3 is 10.4 Å². The summed E-state index contributed by atoms with van der Waals surface area (Å²) >= 11 is 0. The molecule has 1 aliphatic carbocycles. The number of aliphatic hydroxyl groups is 1. The van der Waals surface area contributed by atoms with E-state index in [-0.39, 0.29) is 0 Å². The van der Waals surface area contributed by atoms with Crippen molar-refractivity contribution >= 4 is 0 Å². The van der Waals surface area contributed by atoms with Crippen molar-refractivity contribution < 1.29 is 5.11 Å². The van der Waals surface area contributed by atoms with E-state index in [4.69, 9.17) is 0 Å². The lowest BCUT2D eigenvalue weighted by molar-refractivity contribution is 0.0753. The van der Waals surface area contributed by atoms with Crippen molar-refractivity contribution in [2.24, 2.45) is 5.41 Å². The molecule has 0 radical (unpaired) electrons. The van der Waals surface area contributed by atoms with Gasteiger partial charge in [-0.2, -0.15) is 0 Å². The van der Waals surface area contributed by atoms with Gasteiger partial charge in [-0.1, -0.05) is 19.8 Å². The first-order valence-corrected chi connectivity index (χ1v) is 5.91. The second-order valence-corrected chi connectivity index (χ2v) is 5.48. The maximum Gasteiger partial charge on any atom is 0.0715 e. The van der Waals surface area contributed by atoms with Crippen LogP contribution in [0.4, 0.5) is 0 Å². The zero-order valence-corrected chi connectivity index (χ0v) is 9.90. The number of hydrogen-bond acceptors (Lipinski definition) is 2. The van der Waals surface area contributed by atoms with Gasteiger partial charge in [-0.15, -0.1) is 0 Å². The van der Waals surface area contributed by atoms with E-state index in [0.29, 0.717) is 12.0 Å². The summed E-state index contributed by atoms with van der Waals surface area (Å²) in [6.07, 6.45) is 6.77. The summed E-state index contributed by atoms with van der Waals surface area (Å²) in [4.78, 5) is 0. The van der Waals surface area contributed by atoms with Gasteiger partial charge in [0.2, 0.25) is 0 Å². The van der Waals surface area contributed by atoms with Crippen LogP contribution in [0.3, 0.4) is 0 Å². The highest BCUT2D eigenvalue weighted by Gasteiger charge is 2.31. The minimum Gasteiger partial charge on any atom is -0.389 e. The van der Waals surface area contributed by atoms with Crippen molar-refractivity contribution in [1.29, 1.82) is 0 Å². The van der Waals surface area contributed by atoms with Crippen LogP contribution in [0.15, 0.2) is 0 Å². The predicted octanol–water partition coefficient (Wildman–Crippen LogP) is 2.32. The summed E-state index contributed by atoms with van der Waals surface area (Å²) in [5.41, 5.74) is -0.0429. The summed E-state index contributed by atoms with van der Waals surface area (Å²) in [7, 11) is 0. The van der Waals surface area contributed by atoms with E-state index < -0.39 is 5.60 Å². The van der Waals surface area contributed by atoms with Crippen molar-refractivity contribution in [3.8, 4) is 0 Å². The molecule has 1 rings (SSSR count). The van der Waals surface area contributed by atoms with Crippen LogP contribution in [0.25, 0.3) is 0 Å². The smallest absolute Gasteiger partial charge is 0.0715 e. The molecule has 2 N–H and O–H groups in total. The van der Waals surface area contributed by atoms with E-state index in [1.165, 1.54) is 32.1 Å². The fourth-order valence-corrected chi connectivity index (χ4v) is 2.41. The van der Waals surface area contributed by atoms with Crippen molar-refractivity contribution in [3.05, 3.63) is 0 Å². The summed E-state index contributed by atoms with van der Waals surface area (Å²) in [5.74, 6) is 0. The minimum absolute atomic E-state index is 0.533. The molecule has 0 amide bonds. The highest BCUT2D eigenvalue weighted by atomic mass is 16.3. The molecule has 0 aromatic carbocycles. The Labute approximate surface area is 88.1 Å². The van der Waals surface area contributed by atoms with Gasteiger partial charge in [-0.3, -0.25) is 0 Å². The third-order valence-electron chi connectivity index (χ3n) is 3.47. The Hall–Kier alpha value is -0.0800. The molecule has 84 valence electrons. The van der Waals surface area contributed by atoms with Crippen LogP contribution in [0.2, 0.25) is 0 Å².